The van der Waals surface area contributed by atoms with Crippen molar-refractivity contribution in [2.24, 2.45) is 5.18 Å². The average Bonchev–Trinajstić information content (AvgIpc) is 2.43. The van der Waals surface area contributed by atoms with Crippen molar-refractivity contribution in [3.05, 3.63) is 27.2 Å². The SMILES string of the molecule is Nc1c(NCCCCCC=O)ccc([N+](=O)[O-])c1N=O. The third-order valence-electron chi connectivity index (χ3n) is 2.80. The normalized spacial score (nSPS) is 10.0. The zero-order valence-electron chi connectivity index (χ0n) is 10.9. The van der Waals surface area contributed by atoms with Gasteiger partial charge < -0.3 is 15.8 Å². The van der Waals surface area contributed by atoms with Crippen molar-refractivity contribution in [3.8, 4) is 0 Å². The number of nitrogen functional groups attached to an aromatic ring is 1. The largest absolute Gasteiger partial charge is 0.395 e. The van der Waals surface area contributed by atoms with Gasteiger partial charge in [-0.25, -0.2) is 0 Å². The standard InChI is InChI=1S/C12H16N4O4/c13-11-9(14-7-3-1-2-4-8-17)5-6-10(16(19)20)12(11)15-18/h5-6,8,14H,1-4,7,13H2. The van der Waals surface area contributed by atoms with Crippen molar-refractivity contribution in [2.75, 3.05) is 17.6 Å². The van der Waals surface area contributed by atoms with Gasteiger partial charge in [0.25, 0.3) is 0 Å². The third kappa shape index (κ3) is 4.01. The van der Waals surface area contributed by atoms with Crippen LogP contribution in [-0.2, 0) is 4.79 Å². The molecule has 0 aliphatic rings. The molecule has 0 heterocycles. The number of nitrogens with two attached hydrogens (primary N) is 1. The van der Waals surface area contributed by atoms with Crippen LogP contribution < -0.4 is 11.1 Å². The van der Waals surface area contributed by atoms with Crippen LogP contribution in [0.1, 0.15) is 25.7 Å². The Kier molecular flexibility index (Phi) is 6.08. The van der Waals surface area contributed by atoms with Gasteiger partial charge in [-0.15, -0.1) is 4.91 Å². The van der Waals surface area contributed by atoms with E-state index in [1.165, 1.54) is 12.1 Å². The van der Waals surface area contributed by atoms with E-state index in [2.05, 4.69) is 10.5 Å². The molecule has 20 heavy (non-hydrogen) atoms. The van der Waals surface area contributed by atoms with Crippen LogP contribution in [0.25, 0.3) is 0 Å². The van der Waals surface area contributed by atoms with E-state index >= 15 is 0 Å². The Bertz CT molecular complexity index is 504. The molecule has 0 aliphatic heterocycles. The second kappa shape index (κ2) is 7.82. The first-order valence-electron chi connectivity index (χ1n) is 6.19. The first-order chi connectivity index (χ1) is 9.61. The summed E-state index contributed by atoms with van der Waals surface area (Å²) in [4.78, 5) is 30.8. The highest BCUT2D eigenvalue weighted by atomic mass is 16.6. The van der Waals surface area contributed by atoms with Gasteiger partial charge in [-0.2, -0.15) is 0 Å². The number of carbonyl (C=O) groups is 1. The Morgan fingerprint density at radius 1 is 1.35 bits per heavy atom. The molecular weight excluding hydrogens is 264 g/mol. The number of nitrogens with one attached hydrogen (secondary N) is 1. The molecule has 0 fully saturated rings. The molecule has 0 aliphatic carbocycles. The van der Waals surface area contributed by atoms with Crippen molar-refractivity contribution < 1.29 is 9.72 Å². The van der Waals surface area contributed by atoms with Crippen LogP contribution in [0.15, 0.2) is 17.3 Å². The van der Waals surface area contributed by atoms with Crippen LogP contribution in [0.5, 0.6) is 0 Å². The predicted molar refractivity (Wildman–Crippen MR) is 76.0 cm³/mol. The lowest BCUT2D eigenvalue weighted by Crippen LogP contribution is -2.05. The predicted octanol–water partition coefficient (Wildman–Crippen LogP) is 2.75. The van der Waals surface area contributed by atoms with Gasteiger partial charge in [-0.1, -0.05) is 6.42 Å². The maximum absolute atomic E-state index is 10.7. The van der Waals surface area contributed by atoms with Crippen molar-refractivity contribution in [3.63, 3.8) is 0 Å². The molecule has 3 N–H and O–H groups in total. The second-order valence-corrected chi connectivity index (χ2v) is 4.19. The van der Waals surface area contributed by atoms with Crippen molar-refractivity contribution in [1.29, 1.82) is 0 Å². The van der Waals surface area contributed by atoms with E-state index in [1.54, 1.807) is 0 Å². The number of rotatable bonds is 9. The summed E-state index contributed by atoms with van der Waals surface area (Å²) >= 11 is 0. The summed E-state index contributed by atoms with van der Waals surface area (Å²) < 4.78 is 0. The van der Waals surface area contributed by atoms with Gasteiger partial charge in [0.15, 0.2) is 0 Å². The van der Waals surface area contributed by atoms with Crippen LogP contribution >= 0.6 is 0 Å². The number of nitrogens with zero attached hydrogens (tertiary/aromatic N) is 2. The van der Waals surface area contributed by atoms with Crippen LogP contribution in [0.2, 0.25) is 0 Å². The summed E-state index contributed by atoms with van der Waals surface area (Å²) in [6.07, 6.45) is 3.95. The molecule has 0 atom stereocenters. The molecule has 108 valence electrons. The third-order valence-corrected chi connectivity index (χ3v) is 2.80. The maximum atomic E-state index is 10.7. The van der Waals surface area contributed by atoms with Crippen LogP contribution in [0, 0.1) is 15.0 Å². The Morgan fingerprint density at radius 2 is 2.10 bits per heavy atom. The fourth-order valence-corrected chi connectivity index (χ4v) is 1.75. The second-order valence-electron chi connectivity index (χ2n) is 4.19. The lowest BCUT2D eigenvalue weighted by molar-refractivity contribution is -0.384. The summed E-state index contributed by atoms with van der Waals surface area (Å²) in [6.45, 7) is 0.596. The Balaban J connectivity index is 2.65. The molecule has 0 aromatic heterocycles. The minimum atomic E-state index is -0.698. The van der Waals surface area contributed by atoms with Crippen molar-refractivity contribution in [1.82, 2.24) is 0 Å². The zero-order valence-corrected chi connectivity index (χ0v) is 10.9. The fraction of sp³-hybridized carbons (Fsp3) is 0.417. The zero-order chi connectivity index (χ0) is 15.0. The molecule has 0 spiro atoms. The molecule has 0 radical (unpaired) electrons. The van der Waals surface area contributed by atoms with Gasteiger partial charge in [0, 0.05) is 19.0 Å². The Hall–Kier alpha value is -2.51. The quantitative estimate of drug-likeness (QED) is 0.179. The molecule has 1 aromatic rings. The number of benzene rings is 1. The topological polar surface area (TPSA) is 128 Å². The summed E-state index contributed by atoms with van der Waals surface area (Å²) in [5, 5.41) is 16.3. The highest BCUT2D eigenvalue weighted by molar-refractivity contribution is 5.84. The fourth-order valence-electron chi connectivity index (χ4n) is 1.75. The van der Waals surface area contributed by atoms with Gasteiger partial charge in [0.05, 0.1) is 16.3 Å². The molecule has 0 bridgehead atoms. The average molecular weight is 280 g/mol. The number of aldehydes is 1. The maximum Gasteiger partial charge on any atom is 0.300 e. The Labute approximate surface area is 115 Å². The van der Waals surface area contributed by atoms with E-state index in [1.807, 2.05) is 0 Å². The highest BCUT2D eigenvalue weighted by Gasteiger charge is 2.19. The van der Waals surface area contributed by atoms with Gasteiger partial charge in [-0.3, -0.25) is 10.1 Å². The summed E-state index contributed by atoms with van der Waals surface area (Å²) in [5.74, 6) is 0. The van der Waals surface area contributed by atoms with E-state index in [0.29, 0.717) is 18.7 Å². The molecule has 0 amide bonds. The van der Waals surface area contributed by atoms with Gasteiger partial charge in [-0.05, 0) is 24.1 Å². The minimum absolute atomic E-state index is 0.0258. The summed E-state index contributed by atoms with van der Waals surface area (Å²) in [6, 6.07) is 2.65. The molecule has 0 saturated carbocycles. The highest BCUT2D eigenvalue weighted by Crippen LogP contribution is 2.38. The number of nitro benzene ring substituents is 1. The molecule has 0 unspecified atom stereocenters. The van der Waals surface area contributed by atoms with Gasteiger partial charge >= 0.3 is 5.69 Å². The number of anilines is 2. The molecule has 8 heteroatoms. The summed E-state index contributed by atoms with van der Waals surface area (Å²) in [5.41, 5.74) is 5.34. The smallest absolute Gasteiger partial charge is 0.300 e. The monoisotopic (exact) mass is 280 g/mol. The molecule has 1 aromatic carbocycles. The number of nitro groups is 1. The number of hydrogen-bond donors (Lipinski definition) is 2. The lowest BCUT2D eigenvalue weighted by Gasteiger charge is -2.10. The van der Waals surface area contributed by atoms with E-state index in [4.69, 9.17) is 5.73 Å². The molecule has 0 saturated heterocycles. The van der Waals surface area contributed by atoms with E-state index < -0.39 is 10.6 Å². The van der Waals surface area contributed by atoms with E-state index in [9.17, 15) is 19.8 Å². The minimum Gasteiger partial charge on any atom is -0.395 e. The summed E-state index contributed by atoms with van der Waals surface area (Å²) in [7, 11) is 0. The Morgan fingerprint density at radius 3 is 2.70 bits per heavy atom. The molecule has 8 nitrogen and oxygen atoms in total. The molecular formula is C12H16N4O4. The van der Waals surface area contributed by atoms with E-state index in [-0.39, 0.29) is 11.4 Å². The number of unbranched alkanes of at least 4 members (excludes halogenated alkanes) is 3. The number of carbonyl (C=O) groups excluding carboxylic acids is 1. The van der Waals surface area contributed by atoms with Crippen molar-refractivity contribution in [2.45, 2.75) is 25.7 Å². The van der Waals surface area contributed by atoms with Gasteiger partial charge in [0.2, 0.25) is 5.69 Å². The van der Waals surface area contributed by atoms with Crippen LogP contribution in [-0.4, -0.2) is 17.8 Å². The number of nitroso groups, excluding NO2 is 1. The first-order valence-corrected chi connectivity index (χ1v) is 6.19. The van der Waals surface area contributed by atoms with Crippen LogP contribution in [0.4, 0.5) is 22.7 Å². The molecule has 1 rings (SSSR count). The lowest BCUT2D eigenvalue weighted by atomic mass is 10.2. The van der Waals surface area contributed by atoms with E-state index in [0.717, 1.165) is 25.5 Å². The number of hydrogen-bond acceptors (Lipinski definition) is 7. The first kappa shape index (κ1) is 15.5. The van der Waals surface area contributed by atoms with Crippen molar-refractivity contribution >= 4 is 29.0 Å². The van der Waals surface area contributed by atoms with Gasteiger partial charge in [0.1, 0.15) is 6.29 Å². The van der Waals surface area contributed by atoms with Crippen LogP contribution in [0.3, 0.4) is 0 Å².